The van der Waals surface area contributed by atoms with Gasteiger partial charge in [0.05, 0.1) is 12.2 Å². The summed E-state index contributed by atoms with van der Waals surface area (Å²) < 4.78 is 19.0. The molecule has 0 heterocycles. The lowest BCUT2D eigenvalue weighted by atomic mass is 10.0. The minimum Gasteiger partial charge on any atom is -0.492 e. The number of hydrogen-bond donors (Lipinski definition) is 1. The molecule has 0 radical (unpaired) electrons. The third kappa shape index (κ3) is 5.63. The maximum absolute atomic E-state index is 13.2. The van der Waals surface area contributed by atoms with Gasteiger partial charge in [0.15, 0.2) is 0 Å². The third-order valence-electron chi connectivity index (χ3n) is 3.26. The molecule has 1 rings (SSSR count). The predicted molar refractivity (Wildman–Crippen MR) is 79.2 cm³/mol. The van der Waals surface area contributed by atoms with Gasteiger partial charge in [-0.2, -0.15) is 0 Å². The Morgan fingerprint density at radius 2 is 2.15 bits per heavy atom. The van der Waals surface area contributed by atoms with Crippen LogP contribution in [0.5, 0.6) is 5.75 Å². The fraction of sp³-hybridized carbons (Fsp3) is 0.529. The maximum atomic E-state index is 13.2. The van der Waals surface area contributed by atoms with Crippen molar-refractivity contribution in [2.75, 3.05) is 13.2 Å². The average molecular weight is 278 g/mol. The summed E-state index contributed by atoms with van der Waals surface area (Å²) in [6.45, 7) is 4.71. The highest BCUT2D eigenvalue weighted by atomic mass is 19.1. The highest BCUT2D eigenvalue weighted by Crippen LogP contribution is 2.21. The molecule has 1 aromatic carbocycles. The number of hydrogen-bond acceptors (Lipinski definition) is 2. The van der Waals surface area contributed by atoms with Crippen LogP contribution >= 0.6 is 0 Å². The summed E-state index contributed by atoms with van der Waals surface area (Å²) in [4.78, 5) is 0. The van der Waals surface area contributed by atoms with Crippen LogP contribution in [0.1, 0.15) is 45.1 Å². The van der Waals surface area contributed by atoms with E-state index in [4.69, 9.17) is 9.84 Å². The zero-order valence-electron chi connectivity index (χ0n) is 12.3. The Bertz CT molecular complexity index is 460. The molecule has 1 unspecified atom stereocenters. The maximum Gasteiger partial charge on any atom is 0.135 e. The van der Waals surface area contributed by atoms with Crippen LogP contribution in [0.2, 0.25) is 0 Å². The molecule has 0 saturated carbocycles. The highest BCUT2D eigenvalue weighted by molar-refractivity contribution is 5.46. The van der Waals surface area contributed by atoms with E-state index >= 15 is 0 Å². The summed E-state index contributed by atoms with van der Waals surface area (Å²) >= 11 is 0. The van der Waals surface area contributed by atoms with E-state index in [0.717, 1.165) is 12.8 Å². The van der Waals surface area contributed by atoms with E-state index in [1.165, 1.54) is 25.0 Å². The lowest BCUT2D eigenvalue weighted by molar-refractivity contribution is 0.232. The summed E-state index contributed by atoms with van der Waals surface area (Å²) in [6, 6.07) is 4.31. The zero-order valence-corrected chi connectivity index (χ0v) is 12.3. The molecule has 1 atom stereocenters. The van der Waals surface area contributed by atoms with Crippen LogP contribution in [0.4, 0.5) is 4.39 Å². The fourth-order valence-corrected chi connectivity index (χ4v) is 1.97. The monoisotopic (exact) mass is 278 g/mol. The van der Waals surface area contributed by atoms with Gasteiger partial charge in [-0.05, 0) is 30.5 Å². The quantitative estimate of drug-likeness (QED) is 0.769. The van der Waals surface area contributed by atoms with Crippen molar-refractivity contribution in [1.82, 2.24) is 0 Å². The average Bonchev–Trinajstić information content (AvgIpc) is 2.46. The van der Waals surface area contributed by atoms with Gasteiger partial charge in [-0.3, -0.25) is 0 Å². The van der Waals surface area contributed by atoms with Crippen LogP contribution in [-0.4, -0.2) is 18.3 Å². The molecule has 0 saturated heterocycles. The lowest BCUT2D eigenvalue weighted by Crippen LogP contribution is -2.12. The first-order chi connectivity index (χ1) is 9.71. The first-order valence-corrected chi connectivity index (χ1v) is 7.23. The summed E-state index contributed by atoms with van der Waals surface area (Å²) in [6.07, 6.45) is 4.59. The molecular formula is C17H23FO2. The van der Waals surface area contributed by atoms with E-state index in [-0.39, 0.29) is 12.4 Å². The molecule has 0 bridgehead atoms. The molecule has 20 heavy (non-hydrogen) atoms. The normalized spacial score (nSPS) is 11.6. The van der Waals surface area contributed by atoms with Crippen molar-refractivity contribution in [2.24, 2.45) is 5.92 Å². The minimum absolute atomic E-state index is 0.246. The molecule has 0 aliphatic rings. The van der Waals surface area contributed by atoms with Crippen LogP contribution in [-0.2, 0) is 0 Å². The first kappa shape index (κ1) is 16.5. The van der Waals surface area contributed by atoms with Gasteiger partial charge < -0.3 is 9.84 Å². The summed E-state index contributed by atoms with van der Waals surface area (Å²) in [5.74, 6) is 6.00. The Labute approximate surface area is 121 Å². The largest absolute Gasteiger partial charge is 0.492 e. The van der Waals surface area contributed by atoms with E-state index in [2.05, 4.69) is 25.7 Å². The number of unbranched alkanes of at least 4 members (excludes halogenated alkanes) is 1. The molecular weight excluding hydrogens is 255 g/mol. The molecule has 0 aliphatic carbocycles. The van der Waals surface area contributed by atoms with Gasteiger partial charge in [-0.25, -0.2) is 4.39 Å². The SMILES string of the molecule is CCCCC(CC)COc1ccc(F)cc1C#CCO. The molecule has 0 amide bonds. The Morgan fingerprint density at radius 1 is 1.35 bits per heavy atom. The van der Waals surface area contributed by atoms with Crippen LogP contribution in [0, 0.1) is 23.6 Å². The smallest absolute Gasteiger partial charge is 0.135 e. The number of ether oxygens (including phenoxy) is 1. The Balaban J connectivity index is 2.70. The van der Waals surface area contributed by atoms with E-state index < -0.39 is 0 Å². The van der Waals surface area contributed by atoms with Gasteiger partial charge in [0.1, 0.15) is 18.2 Å². The van der Waals surface area contributed by atoms with Crippen molar-refractivity contribution in [3.05, 3.63) is 29.6 Å². The fourth-order valence-electron chi connectivity index (χ4n) is 1.97. The number of aliphatic hydroxyl groups excluding tert-OH is 1. The van der Waals surface area contributed by atoms with Gasteiger partial charge in [-0.15, -0.1) is 0 Å². The van der Waals surface area contributed by atoms with Crippen LogP contribution in [0.3, 0.4) is 0 Å². The zero-order chi connectivity index (χ0) is 14.8. The van der Waals surface area contributed by atoms with Crippen molar-refractivity contribution in [3.63, 3.8) is 0 Å². The molecule has 0 aliphatic heterocycles. The third-order valence-corrected chi connectivity index (χ3v) is 3.26. The molecule has 110 valence electrons. The lowest BCUT2D eigenvalue weighted by Gasteiger charge is -2.16. The number of benzene rings is 1. The van der Waals surface area contributed by atoms with Gasteiger partial charge in [0, 0.05) is 0 Å². The Kier molecular flexibility index (Phi) is 7.75. The molecule has 0 aromatic heterocycles. The minimum atomic E-state index is -0.349. The van der Waals surface area contributed by atoms with Gasteiger partial charge in [-0.1, -0.05) is 45.0 Å². The predicted octanol–water partition coefficient (Wildman–Crippen LogP) is 3.76. The molecule has 2 nitrogen and oxygen atoms in total. The van der Waals surface area contributed by atoms with Gasteiger partial charge >= 0.3 is 0 Å². The molecule has 1 aromatic rings. The highest BCUT2D eigenvalue weighted by Gasteiger charge is 2.09. The number of aliphatic hydroxyl groups is 1. The summed E-state index contributed by atoms with van der Waals surface area (Å²) in [7, 11) is 0. The Hall–Kier alpha value is -1.53. The molecule has 0 spiro atoms. The molecule has 1 N–H and O–H groups in total. The van der Waals surface area contributed by atoms with Crippen molar-refractivity contribution in [3.8, 4) is 17.6 Å². The van der Waals surface area contributed by atoms with E-state index in [1.54, 1.807) is 6.07 Å². The molecule has 3 heteroatoms. The summed E-state index contributed by atoms with van der Waals surface area (Å²) in [5.41, 5.74) is 0.490. The van der Waals surface area contributed by atoms with E-state index in [0.29, 0.717) is 23.8 Å². The van der Waals surface area contributed by atoms with Crippen molar-refractivity contribution in [1.29, 1.82) is 0 Å². The summed E-state index contributed by atoms with van der Waals surface area (Å²) in [5, 5.41) is 8.73. The second-order valence-electron chi connectivity index (χ2n) is 4.83. The van der Waals surface area contributed by atoms with Crippen LogP contribution in [0.15, 0.2) is 18.2 Å². The van der Waals surface area contributed by atoms with E-state index in [9.17, 15) is 4.39 Å². The van der Waals surface area contributed by atoms with Crippen molar-refractivity contribution >= 4 is 0 Å². The van der Waals surface area contributed by atoms with Crippen LogP contribution in [0.25, 0.3) is 0 Å². The van der Waals surface area contributed by atoms with E-state index in [1.807, 2.05) is 0 Å². The number of halogens is 1. The van der Waals surface area contributed by atoms with Crippen molar-refractivity contribution in [2.45, 2.75) is 39.5 Å². The molecule has 0 fully saturated rings. The van der Waals surface area contributed by atoms with Gasteiger partial charge in [0.25, 0.3) is 0 Å². The second kappa shape index (κ2) is 9.39. The second-order valence-corrected chi connectivity index (χ2v) is 4.83. The van der Waals surface area contributed by atoms with Gasteiger partial charge in [0.2, 0.25) is 0 Å². The van der Waals surface area contributed by atoms with Crippen molar-refractivity contribution < 1.29 is 14.2 Å². The number of rotatable bonds is 7. The topological polar surface area (TPSA) is 29.5 Å². The standard InChI is InChI=1S/C17H23FO2/c1-3-5-7-14(4-2)13-20-17-10-9-16(18)12-15(17)8-6-11-19/h9-10,12,14,19H,3-5,7,11,13H2,1-2H3. The Morgan fingerprint density at radius 3 is 2.80 bits per heavy atom. The first-order valence-electron chi connectivity index (χ1n) is 7.23. The van der Waals surface area contributed by atoms with Crippen LogP contribution < -0.4 is 4.74 Å².